The molecule has 2 heteroatoms. The van der Waals surface area contributed by atoms with Gasteiger partial charge < -0.3 is 4.52 Å². The molecule has 0 aliphatic heterocycles. The van der Waals surface area contributed by atoms with Crippen LogP contribution >= 0.6 is 9.47 Å². The van der Waals surface area contributed by atoms with Crippen LogP contribution in [0.3, 0.4) is 0 Å². The van der Waals surface area contributed by atoms with Gasteiger partial charge in [0.25, 0.3) is 0 Å². The highest BCUT2D eigenvalue weighted by molar-refractivity contribution is 7.09. The third-order valence-corrected chi connectivity index (χ3v) is 2.03. The van der Waals surface area contributed by atoms with Crippen LogP contribution in [-0.2, 0) is 4.52 Å². The van der Waals surface area contributed by atoms with Crippen LogP contribution in [0.4, 0.5) is 0 Å². The quantitative estimate of drug-likeness (QED) is 0.630. The first kappa shape index (κ1) is 8.70. The fourth-order valence-corrected chi connectivity index (χ4v) is 1.43. The molecule has 0 radical (unpaired) electrons. The fourth-order valence-electron chi connectivity index (χ4n) is 1.08. The van der Waals surface area contributed by atoms with Crippen molar-refractivity contribution < 1.29 is 4.52 Å². The molecule has 2 unspecified atom stereocenters. The van der Waals surface area contributed by atoms with Crippen molar-refractivity contribution in [3.8, 4) is 0 Å². The Labute approximate surface area is 70.1 Å². The predicted octanol–water partition coefficient (Wildman–Crippen LogP) is 2.94. The molecule has 0 saturated heterocycles. The molecule has 0 aliphatic carbocycles. The van der Waals surface area contributed by atoms with E-state index in [1.807, 2.05) is 18.2 Å². The molecule has 2 atom stereocenters. The molecule has 60 valence electrons. The molecule has 0 N–H and O–H groups in total. The molecular formula is C9H13OP. The lowest BCUT2D eigenvalue weighted by molar-refractivity contribution is 0.240. The molecular weight excluding hydrogens is 155 g/mol. The monoisotopic (exact) mass is 168 g/mol. The van der Waals surface area contributed by atoms with Crippen LogP contribution in [0.5, 0.6) is 0 Å². The molecule has 0 aliphatic rings. The predicted molar refractivity (Wildman–Crippen MR) is 50.3 cm³/mol. The average molecular weight is 168 g/mol. The SMILES string of the molecule is CCC(OP)c1ccccc1. The zero-order chi connectivity index (χ0) is 8.10. The maximum Gasteiger partial charge on any atom is 0.0858 e. The number of hydrogen-bond acceptors (Lipinski definition) is 1. The van der Waals surface area contributed by atoms with Crippen molar-refractivity contribution in [3.63, 3.8) is 0 Å². The van der Waals surface area contributed by atoms with Gasteiger partial charge in [0.2, 0.25) is 0 Å². The highest BCUT2D eigenvalue weighted by Crippen LogP contribution is 2.22. The molecule has 0 saturated carbocycles. The van der Waals surface area contributed by atoms with Gasteiger partial charge >= 0.3 is 0 Å². The van der Waals surface area contributed by atoms with E-state index in [0.29, 0.717) is 0 Å². The molecule has 11 heavy (non-hydrogen) atoms. The first-order valence-corrected chi connectivity index (χ1v) is 4.26. The van der Waals surface area contributed by atoms with Gasteiger partial charge in [-0.3, -0.25) is 0 Å². The smallest absolute Gasteiger partial charge is 0.0858 e. The first-order valence-electron chi connectivity index (χ1n) is 3.79. The van der Waals surface area contributed by atoms with E-state index in [4.69, 9.17) is 4.52 Å². The van der Waals surface area contributed by atoms with E-state index >= 15 is 0 Å². The summed E-state index contributed by atoms with van der Waals surface area (Å²) < 4.78 is 5.20. The second-order valence-electron chi connectivity index (χ2n) is 2.44. The van der Waals surface area contributed by atoms with E-state index in [-0.39, 0.29) is 6.10 Å². The standard InChI is InChI=1S/C9H13OP/c1-2-9(10-11)8-6-4-3-5-7-8/h3-7,9H,2,11H2,1H3. The van der Waals surface area contributed by atoms with Crippen molar-refractivity contribution in [2.45, 2.75) is 19.4 Å². The normalized spacial score (nSPS) is 12.9. The van der Waals surface area contributed by atoms with Gasteiger partial charge in [0.05, 0.1) is 6.10 Å². The summed E-state index contributed by atoms with van der Waals surface area (Å²) in [6, 6.07) is 10.2. The summed E-state index contributed by atoms with van der Waals surface area (Å²) in [5.41, 5.74) is 1.24. The fraction of sp³-hybridized carbons (Fsp3) is 0.333. The summed E-state index contributed by atoms with van der Waals surface area (Å²) in [4.78, 5) is 0. The van der Waals surface area contributed by atoms with Gasteiger partial charge in [-0.1, -0.05) is 37.3 Å². The first-order chi connectivity index (χ1) is 5.38. The Morgan fingerprint density at radius 3 is 2.45 bits per heavy atom. The van der Waals surface area contributed by atoms with Gasteiger partial charge in [-0.15, -0.1) is 0 Å². The van der Waals surface area contributed by atoms with Crippen molar-refractivity contribution in [1.29, 1.82) is 0 Å². The van der Waals surface area contributed by atoms with E-state index in [1.165, 1.54) is 5.56 Å². The van der Waals surface area contributed by atoms with Crippen LogP contribution in [0.2, 0.25) is 0 Å². The summed E-state index contributed by atoms with van der Waals surface area (Å²) in [5, 5.41) is 0. The molecule has 0 fully saturated rings. The van der Waals surface area contributed by atoms with Gasteiger partial charge in [-0.25, -0.2) is 0 Å². The maximum atomic E-state index is 5.20. The molecule has 0 heterocycles. The zero-order valence-corrected chi connectivity index (χ0v) is 7.81. The van der Waals surface area contributed by atoms with E-state index in [2.05, 4.69) is 28.5 Å². The van der Waals surface area contributed by atoms with Crippen LogP contribution < -0.4 is 0 Å². The zero-order valence-electron chi connectivity index (χ0n) is 6.66. The Hall–Kier alpha value is -0.390. The molecule has 1 aromatic carbocycles. The molecule has 1 nitrogen and oxygen atoms in total. The van der Waals surface area contributed by atoms with Crippen molar-refractivity contribution in [1.82, 2.24) is 0 Å². The van der Waals surface area contributed by atoms with E-state index in [9.17, 15) is 0 Å². The third kappa shape index (κ3) is 2.28. The number of rotatable bonds is 3. The molecule has 1 rings (SSSR count). The Bertz CT molecular complexity index is 194. The summed E-state index contributed by atoms with van der Waals surface area (Å²) in [6.45, 7) is 2.11. The minimum atomic E-state index is 0.223. The highest BCUT2D eigenvalue weighted by Gasteiger charge is 2.05. The second kappa shape index (κ2) is 4.48. The summed E-state index contributed by atoms with van der Waals surface area (Å²) >= 11 is 0. The Morgan fingerprint density at radius 2 is 2.00 bits per heavy atom. The van der Waals surface area contributed by atoms with Crippen molar-refractivity contribution in [2.75, 3.05) is 0 Å². The molecule has 0 spiro atoms. The van der Waals surface area contributed by atoms with Crippen molar-refractivity contribution in [3.05, 3.63) is 35.9 Å². The Morgan fingerprint density at radius 1 is 1.36 bits per heavy atom. The minimum Gasteiger partial charge on any atom is -0.358 e. The van der Waals surface area contributed by atoms with Crippen molar-refractivity contribution in [2.24, 2.45) is 0 Å². The second-order valence-corrected chi connectivity index (χ2v) is 2.72. The molecule has 0 bridgehead atoms. The van der Waals surface area contributed by atoms with Gasteiger partial charge in [0.15, 0.2) is 0 Å². The van der Waals surface area contributed by atoms with Gasteiger partial charge in [-0.05, 0) is 12.0 Å². The van der Waals surface area contributed by atoms with Gasteiger partial charge in [0, 0.05) is 9.47 Å². The molecule has 0 aromatic heterocycles. The van der Waals surface area contributed by atoms with Crippen LogP contribution in [0.1, 0.15) is 25.0 Å². The van der Waals surface area contributed by atoms with Crippen molar-refractivity contribution >= 4 is 9.47 Å². The third-order valence-electron chi connectivity index (χ3n) is 1.71. The van der Waals surface area contributed by atoms with Crippen LogP contribution in [-0.4, -0.2) is 0 Å². The van der Waals surface area contributed by atoms with Gasteiger partial charge in [-0.2, -0.15) is 0 Å². The van der Waals surface area contributed by atoms with Crippen LogP contribution in [0, 0.1) is 0 Å². The van der Waals surface area contributed by atoms with Crippen LogP contribution in [0.25, 0.3) is 0 Å². The lowest BCUT2D eigenvalue weighted by atomic mass is 10.1. The Kier molecular flexibility index (Phi) is 3.55. The lowest BCUT2D eigenvalue weighted by Gasteiger charge is -2.11. The number of benzene rings is 1. The topological polar surface area (TPSA) is 9.23 Å². The minimum absolute atomic E-state index is 0.223. The number of hydrogen-bond donors (Lipinski definition) is 0. The maximum absolute atomic E-state index is 5.20. The van der Waals surface area contributed by atoms with E-state index in [1.54, 1.807) is 0 Å². The highest BCUT2D eigenvalue weighted by atomic mass is 31.0. The van der Waals surface area contributed by atoms with Crippen LogP contribution in [0.15, 0.2) is 30.3 Å². The largest absolute Gasteiger partial charge is 0.358 e. The van der Waals surface area contributed by atoms with Gasteiger partial charge in [0.1, 0.15) is 0 Å². The molecule has 1 aromatic rings. The Balaban J connectivity index is 2.74. The van der Waals surface area contributed by atoms with E-state index < -0.39 is 0 Å². The summed E-state index contributed by atoms with van der Waals surface area (Å²) in [5.74, 6) is 0. The lowest BCUT2D eigenvalue weighted by Crippen LogP contribution is -1.94. The van der Waals surface area contributed by atoms with E-state index in [0.717, 1.165) is 6.42 Å². The summed E-state index contributed by atoms with van der Waals surface area (Å²) in [7, 11) is 2.31. The molecule has 0 amide bonds. The average Bonchev–Trinajstić information content (AvgIpc) is 2.09. The summed E-state index contributed by atoms with van der Waals surface area (Å²) in [6.07, 6.45) is 1.23.